The molecule has 1 atom stereocenters. The van der Waals surface area contributed by atoms with Gasteiger partial charge < -0.3 is 14.8 Å². The number of hydrogen-bond acceptors (Lipinski definition) is 5. The van der Waals surface area contributed by atoms with E-state index in [0.717, 1.165) is 11.3 Å². The summed E-state index contributed by atoms with van der Waals surface area (Å²) in [6, 6.07) is 14.8. The van der Waals surface area contributed by atoms with E-state index in [4.69, 9.17) is 9.47 Å². The minimum absolute atomic E-state index is 0.182. The van der Waals surface area contributed by atoms with Crippen LogP contribution in [0.1, 0.15) is 18.9 Å². The molecule has 0 fully saturated rings. The van der Waals surface area contributed by atoms with Crippen molar-refractivity contribution in [1.82, 2.24) is 5.43 Å². The highest BCUT2D eigenvalue weighted by molar-refractivity contribution is 5.87. The Morgan fingerprint density at radius 3 is 2.79 bits per heavy atom. The summed E-state index contributed by atoms with van der Waals surface area (Å²) in [5.74, 6) is 1.22. The van der Waals surface area contributed by atoms with Gasteiger partial charge in [-0.05, 0) is 42.3 Å². The van der Waals surface area contributed by atoms with Crippen LogP contribution in [0.3, 0.4) is 0 Å². The molecule has 1 amide bonds. The summed E-state index contributed by atoms with van der Waals surface area (Å²) < 4.78 is 10.6. The standard InChI is InChI=1S/C18H19N3O3/c1-2-15(20-14-6-4-3-5-7-14)18(22)21-19-11-13-8-9-16-17(10-13)24-12-23-16/h3-11,15,20H,2,12H2,1H3,(H,21,22)/b19-11-/t15-/m1/s1. The number of para-hydroxylation sites is 1. The predicted molar refractivity (Wildman–Crippen MR) is 92.4 cm³/mol. The van der Waals surface area contributed by atoms with Gasteiger partial charge in [0.05, 0.1) is 6.21 Å². The maximum atomic E-state index is 12.2. The molecular formula is C18H19N3O3. The van der Waals surface area contributed by atoms with Gasteiger partial charge in [0.15, 0.2) is 11.5 Å². The second-order valence-corrected chi connectivity index (χ2v) is 5.32. The molecule has 0 bridgehead atoms. The zero-order valence-electron chi connectivity index (χ0n) is 13.4. The van der Waals surface area contributed by atoms with Gasteiger partial charge in [-0.15, -0.1) is 0 Å². The van der Waals surface area contributed by atoms with E-state index < -0.39 is 0 Å². The number of carbonyl (C=O) groups excluding carboxylic acids is 1. The van der Waals surface area contributed by atoms with E-state index in [-0.39, 0.29) is 18.7 Å². The van der Waals surface area contributed by atoms with Gasteiger partial charge in [0.1, 0.15) is 6.04 Å². The van der Waals surface area contributed by atoms with Crippen LogP contribution in [0.25, 0.3) is 0 Å². The number of hydrogen-bond donors (Lipinski definition) is 2. The number of amides is 1. The molecule has 0 spiro atoms. The van der Waals surface area contributed by atoms with Crippen molar-refractivity contribution in [3.63, 3.8) is 0 Å². The Morgan fingerprint density at radius 2 is 2.00 bits per heavy atom. The third-order valence-electron chi connectivity index (χ3n) is 3.62. The number of hydrazone groups is 1. The fourth-order valence-electron chi connectivity index (χ4n) is 2.33. The molecule has 6 nitrogen and oxygen atoms in total. The van der Waals surface area contributed by atoms with Crippen LogP contribution in [-0.4, -0.2) is 25.0 Å². The molecule has 0 saturated heterocycles. The van der Waals surface area contributed by atoms with Crippen LogP contribution >= 0.6 is 0 Å². The lowest BCUT2D eigenvalue weighted by Gasteiger charge is -2.16. The first-order valence-electron chi connectivity index (χ1n) is 7.80. The second kappa shape index (κ2) is 7.50. The van der Waals surface area contributed by atoms with Gasteiger partial charge in [0, 0.05) is 5.69 Å². The van der Waals surface area contributed by atoms with Crippen molar-refractivity contribution in [3.05, 3.63) is 54.1 Å². The van der Waals surface area contributed by atoms with E-state index in [0.29, 0.717) is 17.9 Å². The van der Waals surface area contributed by atoms with E-state index >= 15 is 0 Å². The van der Waals surface area contributed by atoms with E-state index in [2.05, 4.69) is 15.8 Å². The van der Waals surface area contributed by atoms with E-state index in [1.807, 2.05) is 55.5 Å². The Bertz CT molecular complexity index is 732. The van der Waals surface area contributed by atoms with Crippen LogP contribution in [0.5, 0.6) is 11.5 Å². The van der Waals surface area contributed by atoms with Crippen molar-refractivity contribution in [2.75, 3.05) is 12.1 Å². The number of carbonyl (C=O) groups is 1. The number of anilines is 1. The second-order valence-electron chi connectivity index (χ2n) is 5.32. The molecule has 2 N–H and O–H groups in total. The molecule has 6 heteroatoms. The minimum Gasteiger partial charge on any atom is -0.454 e. The van der Waals surface area contributed by atoms with Gasteiger partial charge in [-0.2, -0.15) is 5.10 Å². The van der Waals surface area contributed by atoms with E-state index in [1.54, 1.807) is 6.21 Å². The van der Waals surface area contributed by atoms with Crippen molar-refractivity contribution < 1.29 is 14.3 Å². The van der Waals surface area contributed by atoms with Crippen LogP contribution in [0.15, 0.2) is 53.6 Å². The van der Waals surface area contributed by atoms with Crippen molar-refractivity contribution in [1.29, 1.82) is 0 Å². The Kier molecular flexibility index (Phi) is 4.96. The topological polar surface area (TPSA) is 72.0 Å². The molecule has 3 rings (SSSR count). The maximum Gasteiger partial charge on any atom is 0.262 e. The van der Waals surface area contributed by atoms with Crippen molar-refractivity contribution in [2.24, 2.45) is 5.10 Å². The SMILES string of the molecule is CC[C@@H](Nc1ccccc1)C(=O)N/N=C\c1ccc2c(c1)OCO2. The highest BCUT2D eigenvalue weighted by atomic mass is 16.7. The number of benzene rings is 2. The lowest BCUT2D eigenvalue weighted by Crippen LogP contribution is -2.36. The minimum atomic E-state index is -0.346. The molecule has 0 unspecified atom stereocenters. The molecule has 1 heterocycles. The van der Waals surface area contributed by atoms with Gasteiger partial charge in [-0.1, -0.05) is 25.1 Å². The summed E-state index contributed by atoms with van der Waals surface area (Å²) >= 11 is 0. The van der Waals surface area contributed by atoms with E-state index in [9.17, 15) is 4.79 Å². The molecule has 2 aromatic rings. The van der Waals surface area contributed by atoms with Gasteiger partial charge in [0.2, 0.25) is 6.79 Å². The summed E-state index contributed by atoms with van der Waals surface area (Å²) in [6.45, 7) is 2.18. The smallest absolute Gasteiger partial charge is 0.262 e. The average Bonchev–Trinajstić information content (AvgIpc) is 3.08. The number of rotatable bonds is 6. The number of fused-ring (bicyclic) bond motifs is 1. The van der Waals surface area contributed by atoms with E-state index in [1.165, 1.54) is 0 Å². The van der Waals surface area contributed by atoms with Crippen LogP contribution in [0.4, 0.5) is 5.69 Å². The first-order chi connectivity index (χ1) is 11.8. The Balaban J connectivity index is 1.57. The average molecular weight is 325 g/mol. The summed E-state index contributed by atoms with van der Waals surface area (Å²) in [5, 5.41) is 7.21. The molecule has 124 valence electrons. The molecule has 0 aromatic heterocycles. The summed E-state index contributed by atoms with van der Waals surface area (Å²) in [4.78, 5) is 12.2. The first-order valence-corrected chi connectivity index (χ1v) is 7.80. The van der Waals surface area contributed by atoms with Crippen LogP contribution in [0.2, 0.25) is 0 Å². The lowest BCUT2D eigenvalue weighted by molar-refractivity contribution is -0.121. The Morgan fingerprint density at radius 1 is 1.21 bits per heavy atom. The highest BCUT2D eigenvalue weighted by Gasteiger charge is 2.15. The monoisotopic (exact) mass is 325 g/mol. The molecule has 24 heavy (non-hydrogen) atoms. The summed E-state index contributed by atoms with van der Waals surface area (Å²) in [5.41, 5.74) is 4.29. The third-order valence-corrected chi connectivity index (χ3v) is 3.62. The van der Waals surface area contributed by atoms with Crippen molar-refractivity contribution in [3.8, 4) is 11.5 Å². The zero-order chi connectivity index (χ0) is 16.8. The Hall–Kier alpha value is -3.02. The quantitative estimate of drug-likeness (QED) is 0.633. The molecule has 0 radical (unpaired) electrons. The number of nitrogens with zero attached hydrogens (tertiary/aromatic N) is 1. The fourth-order valence-corrected chi connectivity index (χ4v) is 2.33. The van der Waals surface area contributed by atoms with Gasteiger partial charge >= 0.3 is 0 Å². The molecule has 1 aliphatic rings. The summed E-state index contributed by atoms with van der Waals surface area (Å²) in [6.07, 6.45) is 2.23. The molecule has 0 aliphatic carbocycles. The van der Waals surface area contributed by atoms with Crippen molar-refractivity contribution in [2.45, 2.75) is 19.4 Å². The van der Waals surface area contributed by atoms with Crippen LogP contribution in [-0.2, 0) is 4.79 Å². The van der Waals surface area contributed by atoms with Gasteiger partial charge in [-0.3, -0.25) is 4.79 Å². The maximum absolute atomic E-state index is 12.2. The Labute approximate surface area is 140 Å². The fraction of sp³-hybridized carbons (Fsp3) is 0.222. The number of ether oxygens (including phenoxy) is 2. The largest absolute Gasteiger partial charge is 0.454 e. The van der Waals surface area contributed by atoms with Crippen molar-refractivity contribution >= 4 is 17.8 Å². The zero-order valence-corrected chi connectivity index (χ0v) is 13.4. The van der Waals surface area contributed by atoms with Crippen LogP contribution < -0.4 is 20.2 Å². The summed E-state index contributed by atoms with van der Waals surface area (Å²) in [7, 11) is 0. The molecule has 2 aromatic carbocycles. The molecule has 0 saturated carbocycles. The van der Waals surface area contributed by atoms with Gasteiger partial charge in [0.25, 0.3) is 5.91 Å². The predicted octanol–water partition coefficient (Wildman–Crippen LogP) is 2.76. The third kappa shape index (κ3) is 3.84. The normalized spacial score (nSPS) is 13.7. The molecule has 1 aliphatic heterocycles. The highest BCUT2D eigenvalue weighted by Crippen LogP contribution is 2.31. The number of nitrogens with one attached hydrogen (secondary N) is 2. The van der Waals surface area contributed by atoms with Crippen LogP contribution in [0, 0.1) is 0 Å². The lowest BCUT2D eigenvalue weighted by atomic mass is 10.2. The molecular weight excluding hydrogens is 306 g/mol. The first kappa shape index (κ1) is 15.9. The van der Waals surface area contributed by atoms with Gasteiger partial charge in [-0.25, -0.2) is 5.43 Å².